The van der Waals surface area contributed by atoms with Crippen LogP contribution in [0, 0.1) is 15.9 Å². The van der Waals surface area contributed by atoms with Gasteiger partial charge in [-0.3, -0.25) is 4.79 Å². The average molecular weight is 299 g/mol. The fourth-order valence-corrected chi connectivity index (χ4v) is 1.71. The summed E-state index contributed by atoms with van der Waals surface area (Å²) >= 11 is 5.59. The summed E-state index contributed by atoms with van der Waals surface area (Å²) in [5.74, 6) is -1.69. The number of nitro groups is 1. The summed E-state index contributed by atoms with van der Waals surface area (Å²) in [4.78, 5) is 21.5. The quantitative estimate of drug-likeness (QED) is 0.692. The van der Waals surface area contributed by atoms with Crippen LogP contribution in [0.1, 0.15) is 0 Å². The molecule has 0 aliphatic heterocycles. The molecule has 1 aromatic heterocycles. The third-order valence-electron chi connectivity index (χ3n) is 2.33. The first-order valence-electron chi connectivity index (χ1n) is 5.39. The van der Waals surface area contributed by atoms with Crippen LogP contribution in [0.15, 0.2) is 30.5 Å². The normalized spacial score (nSPS) is 10.3. The molecule has 1 N–H and O–H groups in total. The minimum atomic E-state index is -0.756. The second kappa shape index (κ2) is 5.66. The zero-order chi connectivity index (χ0) is 14.7. The van der Waals surface area contributed by atoms with Crippen molar-refractivity contribution in [2.24, 2.45) is 0 Å². The van der Waals surface area contributed by atoms with Crippen molar-refractivity contribution in [1.82, 2.24) is 9.78 Å². The van der Waals surface area contributed by atoms with E-state index in [1.54, 1.807) is 6.07 Å². The molecule has 1 aromatic carbocycles. The molecule has 2 rings (SSSR count). The number of carbonyl (C=O) groups excluding carboxylic acids is 1. The van der Waals surface area contributed by atoms with Crippen molar-refractivity contribution in [3.8, 4) is 0 Å². The fourth-order valence-electron chi connectivity index (χ4n) is 1.49. The van der Waals surface area contributed by atoms with E-state index in [0.29, 0.717) is 0 Å². The molecule has 0 unspecified atom stereocenters. The molecule has 0 saturated heterocycles. The maximum absolute atomic E-state index is 13.3. The minimum Gasteiger partial charge on any atom is -0.358 e. The summed E-state index contributed by atoms with van der Waals surface area (Å²) in [6.07, 6.45) is 1.15. The van der Waals surface area contributed by atoms with Gasteiger partial charge in [-0.25, -0.2) is 4.39 Å². The monoisotopic (exact) mass is 298 g/mol. The largest absolute Gasteiger partial charge is 0.408 e. The van der Waals surface area contributed by atoms with E-state index in [2.05, 4.69) is 10.4 Å². The number of rotatable bonds is 4. The van der Waals surface area contributed by atoms with E-state index in [4.69, 9.17) is 11.6 Å². The lowest BCUT2D eigenvalue weighted by molar-refractivity contribution is -0.389. The van der Waals surface area contributed by atoms with Gasteiger partial charge in [-0.15, -0.1) is 0 Å². The van der Waals surface area contributed by atoms with E-state index in [-0.39, 0.29) is 17.3 Å². The summed E-state index contributed by atoms with van der Waals surface area (Å²) < 4.78 is 14.3. The first-order chi connectivity index (χ1) is 9.47. The highest BCUT2D eigenvalue weighted by molar-refractivity contribution is 6.32. The van der Waals surface area contributed by atoms with E-state index < -0.39 is 22.5 Å². The Bertz CT molecular complexity index is 673. The van der Waals surface area contributed by atoms with E-state index in [1.165, 1.54) is 18.2 Å². The number of amides is 1. The number of nitrogens with zero attached hydrogens (tertiary/aromatic N) is 3. The van der Waals surface area contributed by atoms with Gasteiger partial charge in [0.2, 0.25) is 5.91 Å². The zero-order valence-corrected chi connectivity index (χ0v) is 10.7. The summed E-state index contributed by atoms with van der Waals surface area (Å²) in [6, 6.07) is 5.65. The van der Waals surface area contributed by atoms with Gasteiger partial charge in [0.15, 0.2) is 5.02 Å². The van der Waals surface area contributed by atoms with Crippen molar-refractivity contribution in [2.45, 2.75) is 6.54 Å². The molecular weight excluding hydrogens is 291 g/mol. The second-order valence-electron chi connectivity index (χ2n) is 3.78. The first-order valence-corrected chi connectivity index (χ1v) is 5.77. The molecule has 0 radical (unpaired) electrons. The Morgan fingerprint density at radius 1 is 1.50 bits per heavy atom. The molecule has 104 valence electrons. The van der Waals surface area contributed by atoms with Gasteiger partial charge in [0, 0.05) is 0 Å². The third kappa shape index (κ3) is 3.09. The lowest BCUT2D eigenvalue weighted by Crippen LogP contribution is -2.19. The molecule has 7 nitrogen and oxygen atoms in total. The Morgan fingerprint density at radius 3 is 2.80 bits per heavy atom. The van der Waals surface area contributed by atoms with Crippen molar-refractivity contribution in [3.63, 3.8) is 0 Å². The number of aromatic nitrogens is 2. The third-order valence-corrected chi connectivity index (χ3v) is 2.59. The molecule has 20 heavy (non-hydrogen) atoms. The van der Waals surface area contributed by atoms with Crippen LogP contribution in [0.4, 0.5) is 15.9 Å². The number of hydrogen-bond acceptors (Lipinski definition) is 4. The molecule has 0 aliphatic carbocycles. The van der Waals surface area contributed by atoms with Gasteiger partial charge in [-0.2, -0.15) is 4.68 Å². The van der Waals surface area contributed by atoms with Gasteiger partial charge in [0.25, 0.3) is 0 Å². The first kappa shape index (κ1) is 13.9. The van der Waals surface area contributed by atoms with E-state index in [9.17, 15) is 19.3 Å². The van der Waals surface area contributed by atoms with Gasteiger partial charge < -0.3 is 15.4 Å². The number of hydrogen-bond donors (Lipinski definition) is 1. The highest BCUT2D eigenvalue weighted by Crippen LogP contribution is 2.21. The van der Waals surface area contributed by atoms with E-state index >= 15 is 0 Å². The molecule has 0 aliphatic rings. The molecule has 1 amide bonds. The molecule has 0 saturated carbocycles. The summed E-state index contributed by atoms with van der Waals surface area (Å²) in [7, 11) is 0. The molecule has 0 spiro atoms. The number of carbonyl (C=O) groups is 1. The number of para-hydroxylation sites is 1. The Labute approximate surface area is 117 Å². The van der Waals surface area contributed by atoms with Crippen LogP contribution in [0.5, 0.6) is 0 Å². The van der Waals surface area contributed by atoms with Crippen molar-refractivity contribution in [2.75, 3.05) is 5.32 Å². The number of nitrogens with one attached hydrogen (secondary N) is 1. The standard InChI is InChI=1S/C11H8ClFN4O3/c12-7-5-16(15-11(7)17(19)20)6-10(18)14-9-4-2-1-3-8(9)13/h1-5H,6H2,(H,14,18). The molecule has 0 atom stereocenters. The smallest absolute Gasteiger partial charge is 0.358 e. The number of benzene rings is 1. The van der Waals surface area contributed by atoms with Gasteiger partial charge in [-0.05, 0) is 17.1 Å². The predicted molar refractivity (Wildman–Crippen MR) is 68.9 cm³/mol. The summed E-state index contributed by atoms with van der Waals surface area (Å²) in [5, 5.41) is 16.3. The van der Waals surface area contributed by atoms with Gasteiger partial charge in [0.1, 0.15) is 12.4 Å². The highest BCUT2D eigenvalue weighted by atomic mass is 35.5. The predicted octanol–water partition coefficient (Wildman–Crippen LogP) is 2.22. The highest BCUT2D eigenvalue weighted by Gasteiger charge is 2.20. The van der Waals surface area contributed by atoms with E-state index in [0.717, 1.165) is 10.9 Å². The Balaban J connectivity index is 2.07. The molecular formula is C11H8ClFN4O3. The van der Waals surface area contributed by atoms with Crippen LogP contribution in [-0.2, 0) is 11.3 Å². The van der Waals surface area contributed by atoms with Gasteiger partial charge in [-0.1, -0.05) is 23.7 Å². The summed E-state index contributed by atoms with van der Waals surface area (Å²) in [5.41, 5.74) is 0.0188. The maximum Gasteiger partial charge on any atom is 0.408 e. The zero-order valence-electron chi connectivity index (χ0n) is 9.92. The average Bonchev–Trinajstić information content (AvgIpc) is 2.73. The topological polar surface area (TPSA) is 90.1 Å². The van der Waals surface area contributed by atoms with Crippen LogP contribution < -0.4 is 5.32 Å². The van der Waals surface area contributed by atoms with Crippen molar-refractivity contribution >= 4 is 29.0 Å². The van der Waals surface area contributed by atoms with Crippen LogP contribution >= 0.6 is 11.6 Å². The van der Waals surface area contributed by atoms with Crippen LogP contribution in [0.2, 0.25) is 5.02 Å². The molecule has 2 aromatic rings. The Kier molecular flexibility index (Phi) is 3.94. The van der Waals surface area contributed by atoms with E-state index in [1.807, 2.05) is 0 Å². The van der Waals surface area contributed by atoms with Crippen molar-refractivity contribution in [3.05, 3.63) is 51.4 Å². The lowest BCUT2D eigenvalue weighted by Gasteiger charge is -2.04. The lowest BCUT2D eigenvalue weighted by atomic mass is 10.3. The molecule has 0 fully saturated rings. The molecule has 1 heterocycles. The molecule has 9 heteroatoms. The van der Waals surface area contributed by atoms with Crippen LogP contribution in [0.3, 0.4) is 0 Å². The summed E-state index contributed by atoms with van der Waals surface area (Å²) in [6.45, 7) is -0.318. The number of anilines is 1. The van der Waals surface area contributed by atoms with Gasteiger partial charge in [0.05, 0.1) is 17.0 Å². The van der Waals surface area contributed by atoms with Gasteiger partial charge >= 0.3 is 5.82 Å². The number of halogens is 2. The Morgan fingerprint density at radius 2 is 2.20 bits per heavy atom. The SMILES string of the molecule is O=C(Cn1cc(Cl)c([N+](=O)[O-])n1)Nc1ccccc1F. The van der Waals surface area contributed by atoms with Crippen molar-refractivity contribution in [1.29, 1.82) is 0 Å². The molecule has 0 bridgehead atoms. The maximum atomic E-state index is 13.3. The van der Waals surface area contributed by atoms with Crippen LogP contribution in [0.25, 0.3) is 0 Å². The van der Waals surface area contributed by atoms with Crippen LogP contribution in [-0.4, -0.2) is 20.6 Å². The fraction of sp³-hybridized carbons (Fsp3) is 0.0909. The second-order valence-corrected chi connectivity index (χ2v) is 4.19. The van der Waals surface area contributed by atoms with Crippen molar-refractivity contribution < 1.29 is 14.1 Å². The Hall–Kier alpha value is -2.48. The minimum absolute atomic E-state index is 0.0188.